The van der Waals surface area contributed by atoms with Crippen molar-refractivity contribution in [2.75, 3.05) is 12.4 Å². The third kappa shape index (κ3) is 4.87. The van der Waals surface area contributed by atoms with Gasteiger partial charge in [0, 0.05) is 30.1 Å². The molecule has 0 radical (unpaired) electrons. The molecule has 1 aromatic carbocycles. The normalized spacial score (nSPS) is 11.1. The molecule has 1 aromatic rings. The van der Waals surface area contributed by atoms with Gasteiger partial charge in [-0.25, -0.2) is 0 Å². The summed E-state index contributed by atoms with van der Waals surface area (Å²) in [6.45, 7) is 4.48. The molecule has 1 rings (SSSR count). The van der Waals surface area contributed by atoms with Gasteiger partial charge in [-0.1, -0.05) is 19.9 Å². The Balaban J connectivity index is 2.68. The van der Waals surface area contributed by atoms with Gasteiger partial charge in [-0.05, 0) is 17.9 Å². The molecule has 0 aliphatic heterocycles. The number of benzene rings is 1. The molecule has 0 aromatic heterocycles. The fourth-order valence-electron chi connectivity index (χ4n) is 1.53. The molecule has 19 heavy (non-hydrogen) atoms. The number of carbonyl (C=O) groups excluding carboxylic acids is 1. The Kier molecular flexibility index (Phi) is 5.30. The summed E-state index contributed by atoms with van der Waals surface area (Å²) in [4.78, 5) is 22.0. The van der Waals surface area contributed by atoms with Gasteiger partial charge in [-0.3, -0.25) is 14.9 Å². The van der Waals surface area contributed by atoms with Crippen molar-refractivity contribution in [2.45, 2.75) is 20.3 Å². The zero-order chi connectivity index (χ0) is 14.5. The zero-order valence-corrected chi connectivity index (χ0v) is 11.7. The van der Waals surface area contributed by atoms with E-state index >= 15 is 0 Å². The zero-order valence-electron chi connectivity index (χ0n) is 11.0. The Morgan fingerprint density at radius 2 is 2.16 bits per heavy atom. The van der Waals surface area contributed by atoms with E-state index in [-0.39, 0.29) is 22.6 Å². The number of hydrogen-bond acceptors (Lipinski definition) is 3. The topological polar surface area (TPSA) is 72.2 Å². The molecule has 0 heterocycles. The number of nitrogens with zero attached hydrogens (tertiary/aromatic N) is 1. The molecule has 0 saturated carbocycles. The summed E-state index contributed by atoms with van der Waals surface area (Å²) >= 11 is 5.69. The molecule has 1 N–H and O–H groups in total. The Morgan fingerprint density at radius 1 is 1.47 bits per heavy atom. The lowest BCUT2D eigenvalue weighted by Gasteiger charge is -2.23. The monoisotopic (exact) mass is 284 g/mol. The number of rotatable bonds is 6. The van der Waals surface area contributed by atoms with Crippen molar-refractivity contribution in [1.29, 1.82) is 0 Å². The van der Waals surface area contributed by atoms with Crippen LogP contribution in [0.4, 0.5) is 5.69 Å². The largest absolute Gasteiger partial charge is 0.351 e. The number of halogens is 1. The van der Waals surface area contributed by atoms with Crippen LogP contribution in [0.2, 0.25) is 0 Å². The van der Waals surface area contributed by atoms with Crippen LogP contribution in [-0.2, 0) is 0 Å². The Bertz CT molecular complexity index is 475. The molecule has 1 amide bonds. The van der Waals surface area contributed by atoms with E-state index in [9.17, 15) is 14.9 Å². The van der Waals surface area contributed by atoms with E-state index in [1.165, 1.54) is 18.2 Å². The molecule has 6 heteroatoms. The summed E-state index contributed by atoms with van der Waals surface area (Å²) in [7, 11) is 0. The van der Waals surface area contributed by atoms with Crippen LogP contribution < -0.4 is 5.32 Å². The third-order valence-corrected chi connectivity index (χ3v) is 3.01. The molecular formula is C13H17ClN2O3. The van der Waals surface area contributed by atoms with E-state index < -0.39 is 4.92 Å². The number of hydrogen-bond donors (Lipinski definition) is 1. The first-order valence-corrected chi connectivity index (χ1v) is 6.48. The molecular weight excluding hydrogens is 268 g/mol. The molecule has 0 aliphatic carbocycles. The van der Waals surface area contributed by atoms with Crippen LogP contribution in [0.5, 0.6) is 0 Å². The standard InChI is InChI=1S/C13H17ClN2O3/c1-13(2,6-7-14)9-15-12(17)10-4-3-5-11(8-10)16(18)19/h3-5,8H,6-7,9H2,1-2H3,(H,15,17). The molecule has 0 fully saturated rings. The van der Waals surface area contributed by atoms with E-state index in [2.05, 4.69) is 5.32 Å². The average Bonchev–Trinajstić information content (AvgIpc) is 2.36. The quantitative estimate of drug-likeness (QED) is 0.496. The van der Waals surface area contributed by atoms with Crippen LogP contribution in [-0.4, -0.2) is 23.3 Å². The first kappa shape index (κ1) is 15.4. The van der Waals surface area contributed by atoms with Gasteiger partial charge in [0.1, 0.15) is 0 Å². The minimum absolute atomic E-state index is 0.0901. The Morgan fingerprint density at radius 3 is 2.74 bits per heavy atom. The SMILES string of the molecule is CC(C)(CCCl)CNC(=O)c1cccc([N+](=O)[O-])c1. The maximum atomic E-state index is 11.9. The van der Waals surface area contributed by atoms with Gasteiger partial charge in [-0.15, -0.1) is 11.6 Å². The van der Waals surface area contributed by atoms with Crippen molar-refractivity contribution in [1.82, 2.24) is 5.32 Å². The molecule has 0 atom stereocenters. The fraction of sp³-hybridized carbons (Fsp3) is 0.462. The highest BCUT2D eigenvalue weighted by Gasteiger charge is 2.19. The number of nitro benzene ring substituents is 1. The number of alkyl halides is 1. The van der Waals surface area contributed by atoms with E-state index in [1.54, 1.807) is 6.07 Å². The molecule has 0 bridgehead atoms. The summed E-state index contributed by atoms with van der Waals surface area (Å²) < 4.78 is 0. The summed E-state index contributed by atoms with van der Waals surface area (Å²) in [5.74, 6) is 0.214. The maximum Gasteiger partial charge on any atom is 0.270 e. The van der Waals surface area contributed by atoms with Gasteiger partial charge in [-0.2, -0.15) is 0 Å². The Labute approximate surface area is 117 Å². The van der Waals surface area contributed by atoms with E-state index in [0.717, 1.165) is 6.42 Å². The maximum absolute atomic E-state index is 11.9. The third-order valence-electron chi connectivity index (χ3n) is 2.82. The summed E-state index contributed by atoms with van der Waals surface area (Å²) in [6.07, 6.45) is 0.782. The lowest BCUT2D eigenvalue weighted by molar-refractivity contribution is -0.384. The first-order chi connectivity index (χ1) is 8.85. The number of amides is 1. The van der Waals surface area contributed by atoms with E-state index in [0.29, 0.717) is 12.4 Å². The van der Waals surface area contributed by atoms with Crippen molar-refractivity contribution in [3.05, 3.63) is 39.9 Å². The predicted octanol–water partition coefficient (Wildman–Crippen LogP) is 2.98. The molecule has 0 unspecified atom stereocenters. The Hall–Kier alpha value is -1.62. The highest BCUT2D eigenvalue weighted by atomic mass is 35.5. The van der Waals surface area contributed by atoms with Crippen LogP contribution in [0.15, 0.2) is 24.3 Å². The highest BCUT2D eigenvalue weighted by molar-refractivity contribution is 6.17. The number of carbonyl (C=O) groups is 1. The molecule has 5 nitrogen and oxygen atoms in total. The van der Waals surface area contributed by atoms with E-state index in [1.807, 2.05) is 13.8 Å². The van der Waals surface area contributed by atoms with E-state index in [4.69, 9.17) is 11.6 Å². The minimum Gasteiger partial charge on any atom is -0.351 e. The first-order valence-electron chi connectivity index (χ1n) is 5.94. The van der Waals surface area contributed by atoms with Crippen LogP contribution in [0, 0.1) is 15.5 Å². The van der Waals surface area contributed by atoms with Crippen LogP contribution in [0.1, 0.15) is 30.6 Å². The van der Waals surface area contributed by atoms with Gasteiger partial charge in [0.25, 0.3) is 11.6 Å². The van der Waals surface area contributed by atoms with Crippen LogP contribution in [0.3, 0.4) is 0 Å². The average molecular weight is 285 g/mol. The van der Waals surface area contributed by atoms with Gasteiger partial charge >= 0.3 is 0 Å². The highest BCUT2D eigenvalue weighted by Crippen LogP contribution is 2.20. The summed E-state index contributed by atoms with van der Waals surface area (Å²) in [5.41, 5.74) is 0.0986. The van der Waals surface area contributed by atoms with Gasteiger partial charge < -0.3 is 5.32 Å². The van der Waals surface area contributed by atoms with Crippen molar-refractivity contribution in [3.8, 4) is 0 Å². The second kappa shape index (κ2) is 6.52. The molecule has 0 spiro atoms. The second-order valence-electron chi connectivity index (χ2n) is 5.09. The summed E-state index contributed by atoms with van der Waals surface area (Å²) in [6, 6.07) is 5.67. The number of non-ortho nitro benzene ring substituents is 1. The van der Waals surface area contributed by atoms with Crippen LogP contribution >= 0.6 is 11.6 Å². The fourth-order valence-corrected chi connectivity index (χ4v) is 2.04. The summed E-state index contributed by atoms with van der Waals surface area (Å²) in [5, 5.41) is 13.4. The van der Waals surface area contributed by atoms with Crippen LogP contribution in [0.25, 0.3) is 0 Å². The smallest absolute Gasteiger partial charge is 0.270 e. The number of nitro groups is 1. The lowest BCUT2D eigenvalue weighted by atomic mass is 9.90. The van der Waals surface area contributed by atoms with Gasteiger partial charge in [0.05, 0.1) is 4.92 Å². The molecule has 0 aliphatic rings. The van der Waals surface area contributed by atoms with Crippen molar-refractivity contribution >= 4 is 23.2 Å². The van der Waals surface area contributed by atoms with Gasteiger partial charge in [0.15, 0.2) is 0 Å². The minimum atomic E-state index is -0.520. The van der Waals surface area contributed by atoms with Crippen molar-refractivity contribution < 1.29 is 9.72 Å². The predicted molar refractivity (Wildman–Crippen MR) is 74.5 cm³/mol. The lowest BCUT2D eigenvalue weighted by Crippen LogP contribution is -2.34. The van der Waals surface area contributed by atoms with Crippen molar-refractivity contribution in [3.63, 3.8) is 0 Å². The molecule has 104 valence electrons. The molecule has 0 saturated heterocycles. The number of nitrogens with one attached hydrogen (secondary N) is 1. The van der Waals surface area contributed by atoms with Gasteiger partial charge in [0.2, 0.25) is 0 Å². The second-order valence-corrected chi connectivity index (χ2v) is 5.47. The van der Waals surface area contributed by atoms with Crippen molar-refractivity contribution in [2.24, 2.45) is 5.41 Å².